The molecule has 0 fully saturated rings. The van der Waals surface area contributed by atoms with Crippen LogP contribution >= 0.6 is 34.0 Å². The predicted molar refractivity (Wildman–Crippen MR) is 321 cm³/mol. The summed E-state index contributed by atoms with van der Waals surface area (Å²) >= 11 is 5.45. The smallest absolute Gasteiger partial charge is 0.220 e. The van der Waals surface area contributed by atoms with E-state index in [1.165, 1.54) is 62.2 Å². The van der Waals surface area contributed by atoms with Gasteiger partial charge in [-0.15, -0.1) is 34.0 Å². The Morgan fingerprint density at radius 3 is 1.48 bits per heavy atom. The van der Waals surface area contributed by atoms with Crippen molar-refractivity contribution < 1.29 is 0 Å². The molecule has 11 aromatic carbocycles. The van der Waals surface area contributed by atoms with Gasteiger partial charge in [0.25, 0.3) is 0 Å². The molecule has 0 bridgehead atoms. The van der Waals surface area contributed by atoms with Crippen LogP contribution in [0.4, 0.5) is 5.69 Å². The largest absolute Gasteiger partial charge is 0.316 e. The number of benzene rings is 11. The van der Waals surface area contributed by atoms with Gasteiger partial charge < -0.3 is 9.13 Å². The summed E-state index contributed by atoms with van der Waals surface area (Å²) in [5.74, 6) is 0. The van der Waals surface area contributed by atoms with Crippen molar-refractivity contribution in [1.82, 2.24) is 9.13 Å². The second-order valence-corrected chi connectivity index (χ2v) is 22.3. The van der Waals surface area contributed by atoms with E-state index in [2.05, 4.69) is 214 Å². The van der Waals surface area contributed by atoms with E-state index in [0.717, 1.165) is 81.1 Å². The molecule has 16 rings (SSSR count). The molecule has 0 atom stereocenters. The maximum absolute atomic E-state index is 12.1. The lowest BCUT2D eigenvalue weighted by Crippen LogP contribution is -2.08. The molecular formula is C68H36N4S3. The number of rotatable bonds is 5. The van der Waals surface area contributed by atoms with E-state index in [9.17, 15) is 11.8 Å². The average Bonchev–Trinajstić information content (AvgIpc) is 4.44. The molecule has 0 saturated carbocycles. The number of nitriles is 1. The van der Waals surface area contributed by atoms with Crippen LogP contribution in [0.15, 0.2) is 218 Å². The zero-order valence-corrected chi connectivity index (χ0v) is 42.2. The zero-order chi connectivity index (χ0) is 49.5. The van der Waals surface area contributed by atoms with Gasteiger partial charge >= 0.3 is 0 Å². The van der Waals surface area contributed by atoms with Gasteiger partial charge in [0.05, 0.1) is 55.0 Å². The van der Waals surface area contributed by atoms with Gasteiger partial charge in [-0.1, -0.05) is 194 Å². The van der Waals surface area contributed by atoms with Crippen molar-refractivity contribution in [1.29, 1.82) is 5.26 Å². The minimum atomic E-state index is 0.427. The lowest BCUT2D eigenvalue weighted by molar-refractivity contribution is 1.14. The van der Waals surface area contributed by atoms with Crippen LogP contribution in [0.25, 0.3) is 154 Å². The van der Waals surface area contributed by atoms with E-state index >= 15 is 0 Å². The Kier molecular flexibility index (Phi) is 9.05. The molecule has 5 aromatic heterocycles. The highest BCUT2D eigenvalue weighted by Gasteiger charge is 2.33. The third-order valence-corrected chi connectivity index (χ3v) is 19.0. The molecule has 7 heteroatoms. The van der Waals surface area contributed by atoms with Crippen LogP contribution < -0.4 is 0 Å². The van der Waals surface area contributed by atoms with E-state index in [0.29, 0.717) is 16.8 Å². The van der Waals surface area contributed by atoms with Gasteiger partial charge in [-0.3, -0.25) is 0 Å². The number of hydrogen-bond acceptors (Lipinski definition) is 4. The van der Waals surface area contributed by atoms with Crippen molar-refractivity contribution in [3.8, 4) is 50.8 Å². The first kappa shape index (κ1) is 42.2. The summed E-state index contributed by atoms with van der Waals surface area (Å²) in [7, 11) is 0. The fourth-order valence-electron chi connectivity index (χ4n) is 12.3. The van der Waals surface area contributed by atoms with Crippen LogP contribution in [-0.2, 0) is 0 Å². The Hall–Kier alpha value is -9.34. The molecule has 5 heterocycles. The fraction of sp³-hybridized carbons (Fsp3) is 0. The number of aromatic nitrogens is 2. The van der Waals surface area contributed by atoms with Crippen LogP contribution in [0.2, 0.25) is 0 Å². The van der Waals surface area contributed by atoms with E-state index in [1.807, 2.05) is 35.6 Å². The number of hydrogen-bond donors (Lipinski definition) is 0. The molecular weight excluding hydrogens is 969 g/mol. The molecule has 0 radical (unpaired) electrons. The number of thiophene rings is 3. The van der Waals surface area contributed by atoms with Crippen molar-refractivity contribution >= 4 is 144 Å². The molecule has 0 aliphatic carbocycles. The first-order valence-corrected chi connectivity index (χ1v) is 27.4. The van der Waals surface area contributed by atoms with Gasteiger partial charge in [0.15, 0.2) is 0 Å². The first-order valence-electron chi connectivity index (χ1n) is 24.9. The van der Waals surface area contributed by atoms with E-state index in [1.54, 1.807) is 22.7 Å². The Balaban J connectivity index is 1.16. The summed E-state index contributed by atoms with van der Waals surface area (Å²) < 4.78 is 12.0. The molecule has 4 nitrogen and oxygen atoms in total. The molecule has 0 spiro atoms. The summed E-state index contributed by atoms with van der Waals surface area (Å²) in [5.41, 5.74) is 12.0. The molecule has 0 aliphatic heterocycles. The summed E-state index contributed by atoms with van der Waals surface area (Å²) in [4.78, 5) is 4.68. The molecule has 16 aromatic rings. The minimum absolute atomic E-state index is 0.427. The summed E-state index contributed by atoms with van der Waals surface area (Å²) in [6.45, 7) is 9.56. The molecule has 0 amide bonds. The van der Waals surface area contributed by atoms with E-state index in [4.69, 9.17) is 0 Å². The topological polar surface area (TPSA) is 38.0 Å². The number of fused-ring (bicyclic) bond motifs is 18. The van der Waals surface area contributed by atoms with Crippen LogP contribution in [0.5, 0.6) is 0 Å². The molecule has 0 aliphatic rings. The van der Waals surface area contributed by atoms with Crippen LogP contribution in [0.1, 0.15) is 5.56 Å². The van der Waals surface area contributed by atoms with Crippen LogP contribution in [0, 0.1) is 17.9 Å². The lowest BCUT2D eigenvalue weighted by atomic mass is 9.88. The Bertz CT molecular complexity index is 5070. The second kappa shape index (κ2) is 16.1. The monoisotopic (exact) mass is 1000 g/mol. The van der Waals surface area contributed by atoms with Gasteiger partial charge in [0.2, 0.25) is 5.69 Å². The Morgan fingerprint density at radius 1 is 0.373 bits per heavy atom. The first-order chi connectivity index (χ1) is 37.2. The fourth-order valence-corrected chi connectivity index (χ4v) is 16.2. The van der Waals surface area contributed by atoms with Crippen LogP contribution in [0.3, 0.4) is 0 Å². The quantitative estimate of drug-likeness (QED) is 0.158. The molecule has 0 unspecified atom stereocenters. The number of nitrogens with zero attached hydrogens (tertiary/aromatic N) is 4. The average molecular weight is 1010 g/mol. The summed E-state index contributed by atoms with van der Waals surface area (Å²) in [6, 6.07) is 80.6. The van der Waals surface area contributed by atoms with Gasteiger partial charge in [-0.25, -0.2) is 4.85 Å². The third kappa shape index (κ3) is 5.83. The van der Waals surface area contributed by atoms with Gasteiger partial charge in [-0.05, 0) is 46.5 Å². The molecule has 346 valence electrons. The molecule has 0 N–H and O–H groups in total. The lowest BCUT2D eigenvalue weighted by Gasteiger charge is -2.26. The second-order valence-electron chi connectivity index (χ2n) is 19.2. The maximum atomic E-state index is 12.1. The van der Waals surface area contributed by atoms with Gasteiger partial charge in [0.1, 0.15) is 6.07 Å². The standard InChI is InChI=1S/C68H36N4S3/c1-70-60-57(40-20-7-3-8-21-40)52(38-69)61(71-53-29-14-11-26-51(53)59-54(71)37-36-50-47-28-17-27-42(65(47)75-66(50)59)39-18-5-2-6-19-39)58(41-22-9-4-10-23-41)64(60)72-62-45(32-34-48-43-24-12-15-30-55(43)73-67(48)62)46-33-35-49-44-25-13-16-31-56(44)74-68(49)63(46)72/h2-37H. The third-order valence-electron chi connectivity index (χ3n) is 15.4. The highest BCUT2D eigenvalue weighted by molar-refractivity contribution is 7.28. The van der Waals surface area contributed by atoms with Gasteiger partial charge in [0, 0.05) is 83.8 Å². The maximum Gasteiger partial charge on any atom is 0.220 e. The summed E-state index contributed by atoms with van der Waals surface area (Å²) in [5, 5.41) is 23.8. The highest BCUT2D eigenvalue weighted by Crippen LogP contribution is 2.56. The van der Waals surface area contributed by atoms with Gasteiger partial charge in [-0.2, -0.15) is 5.26 Å². The Morgan fingerprint density at radius 2 is 0.867 bits per heavy atom. The van der Waals surface area contributed by atoms with Crippen molar-refractivity contribution in [2.24, 2.45) is 0 Å². The molecule has 75 heavy (non-hydrogen) atoms. The number of para-hydroxylation sites is 1. The van der Waals surface area contributed by atoms with Crippen LogP contribution in [-0.4, -0.2) is 9.13 Å². The SMILES string of the molecule is [C-]#[N+]c1c(-c2ccccc2)c(C#N)c(-n2c3ccccc3c3c4sc5c(-c6ccccc6)cccc5c4ccc32)c(-c2ccccc2)c1-n1c2c(ccc3c4ccccc4sc32)c2ccc3c4ccccc4sc3c21. The predicted octanol–water partition coefficient (Wildman–Crippen LogP) is 20.4. The summed E-state index contributed by atoms with van der Waals surface area (Å²) in [6.07, 6.45) is 0. The van der Waals surface area contributed by atoms with Crippen molar-refractivity contribution in [2.45, 2.75) is 0 Å². The van der Waals surface area contributed by atoms with Crippen molar-refractivity contribution in [3.63, 3.8) is 0 Å². The Labute approximate surface area is 441 Å². The van der Waals surface area contributed by atoms with E-state index in [-0.39, 0.29) is 0 Å². The normalized spacial score (nSPS) is 12.0. The zero-order valence-electron chi connectivity index (χ0n) is 39.8. The van der Waals surface area contributed by atoms with Crippen molar-refractivity contribution in [2.75, 3.05) is 0 Å². The minimum Gasteiger partial charge on any atom is -0.316 e. The molecule has 0 saturated heterocycles. The highest BCUT2D eigenvalue weighted by atomic mass is 32.1. The van der Waals surface area contributed by atoms with E-state index < -0.39 is 0 Å². The van der Waals surface area contributed by atoms with Crippen molar-refractivity contribution in [3.05, 3.63) is 235 Å².